The van der Waals surface area contributed by atoms with Gasteiger partial charge < -0.3 is 10.1 Å². The summed E-state index contributed by atoms with van der Waals surface area (Å²) in [6.45, 7) is 3.77. The highest BCUT2D eigenvalue weighted by atomic mass is 35.5. The van der Waals surface area contributed by atoms with E-state index in [1.807, 2.05) is 0 Å². The number of anilines is 1. The van der Waals surface area contributed by atoms with E-state index in [4.69, 9.17) is 16.3 Å². The van der Waals surface area contributed by atoms with E-state index in [-0.39, 0.29) is 21.2 Å². The average Bonchev–Trinajstić information content (AvgIpc) is 3.26. The normalized spacial score (nSPS) is 15.5. The molecule has 10 heteroatoms. The Labute approximate surface area is 185 Å². The minimum atomic E-state index is -3.75. The Balaban J connectivity index is 1.73. The Morgan fingerprint density at radius 2 is 1.84 bits per heavy atom. The van der Waals surface area contributed by atoms with E-state index in [9.17, 15) is 22.4 Å². The molecule has 1 heterocycles. The van der Waals surface area contributed by atoms with Crippen molar-refractivity contribution in [1.29, 1.82) is 0 Å². The lowest BCUT2D eigenvalue weighted by Gasteiger charge is -2.17. The fraction of sp³-hybridized carbons (Fsp3) is 0.333. The number of benzene rings is 2. The average molecular weight is 469 g/mol. The monoisotopic (exact) mass is 468 g/mol. The molecule has 0 radical (unpaired) electrons. The lowest BCUT2D eigenvalue weighted by molar-refractivity contribution is -0.123. The fourth-order valence-corrected chi connectivity index (χ4v) is 4.83. The molecule has 7 nitrogen and oxygen atoms in total. The number of hydrogen-bond donors (Lipinski definition) is 1. The first-order valence-electron chi connectivity index (χ1n) is 9.67. The number of aryl methyl sites for hydroxylation is 1. The molecular weight excluding hydrogens is 447 g/mol. The lowest BCUT2D eigenvalue weighted by Crippen LogP contribution is -2.30. The van der Waals surface area contributed by atoms with Crippen LogP contribution < -0.4 is 5.32 Å². The molecule has 1 atom stereocenters. The van der Waals surface area contributed by atoms with Crippen LogP contribution in [-0.4, -0.2) is 43.8 Å². The first kappa shape index (κ1) is 23.2. The minimum absolute atomic E-state index is 0.00131. The zero-order chi connectivity index (χ0) is 22.8. The predicted octanol–water partition coefficient (Wildman–Crippen LogP) is 3.76. The maximum absolute atomic E-state index is 13.6. The second-order valence-corrected chi connectivity index (χ2v) is 9.60. The number of carbonyl (C=O) groups excluding carboxylic acids is 2. The van der Waals surface area contributed by atoms with Crippen LogP contribution in [0.25, 0.3) is 0 Å². The van der Waals surface area contributed by atoms with Crippen molar-refractivity contribution in [3.8, 4) is 0 Å². The van der Waals surface area contributed by atoms with Crippen molar-refractivity contribution in [2.45, 2.75) is 37.7 Å². The van der Waals surface area contributed by atoms with Gasteiger partial charge in [-0.25, -0.2) is 17.6 Å². The van der Waals surface area contributed by atoms with Crippen LogP contribution in [0.3, 0.4) is 0 Å². The van der Waals surface area contributed by atoms with Crippen molar-refractivity contribution in [2.75, 3.05) is 18.4 Å². The molecule has 1 fully saturated rings. The third kappa shape index (κ3) is 5.23. The molecule has 1 aliphatic rings. The fourth-order valence-electron chi connectivity index (χ4n) is 3.09. The molecule has 2 aromatic rings. The Morgan fingerprint density at radius 3 is 2.48 bits per heavy atom. The molecule has 0 bridgehead atoms. The highest BCUT2D eigenvalue weighted by Gasteiger charge is 2.29. The van der Waals surface area contributed by atoms with Crippen LogP contribution in [0.2, 0.25) is 5.02 Å². The minimum Gasteiger partial charge on any atom is -0.449 e. The highest BCUT2D eigenvalue weighted by Crippen LogP contribution is 2.26. The van der Waals surface area contributed by atoms with Gasteiger partial charge in [-0.2, -0.15) is 4.31 Å². The molecule has 1 amide bonds. The largest absolute Gasteiger partial charge is 0.449 e. The number of rotatable bonds is 6. The van der Waals surface area contributed by atoms with Gasteiger partial charge >= 0.3 is 5.97 Å². The number of sulfonamides is 1. The number of amides is 1. The molecule has 1 unspecified atom stereocenters. The van der Waals surface area contributed by atoms with Crippen LogP contribution in [-0.2, 0) is 19.6 Å². The van der Waals surface area contributed by atoms with Gasteiger partial charge in [0.2, 0.25) is 10.0 Å². The first-order valence-corrected chi connectivity index (χ1v) is 11.5. The summed E-state index contributed by atoms with van der Waals surface area (Å²) in [4.78, 5) is 24.8. The molecule has 3 rings (SSSR count). The van der Waals surface area contributed by atoms with Crippen LogP contribution in [0.4, 0.5) is 10.1 Å². The molecule has 1 aliphatic heterocycles. The maximum Gasteiger partial charge on any atom is 0.340 e. The van der Waals surface area contributed by atoms with Crippen LogP contribution in [0, 0.1) is 12.7 Å². The smallest absolute Gasteiger partial charge is 0.340 e. The molecule has 2 aromatic carbocycles. The maximum atomic E-state index is 13.6. The second kappa shape index (κ2) is 9.33. The van der Waals surface area contributed by atoms with Gasteiger partial charge in [-0.3, -0.25) is 4.79 Å². The summed E-state index contributed by atoms with van der Waals surface area (Å²) in [5.41, 5.74) is 0.478. The van der Waals surface area contributed by atoms with E-state index in [0.717, 1.165) is 25.0 Å². The number of esters is 1. The van der Waals surface area contributed by atoms with E-state index >= 15 is 0 Å². The van der Waals surface area contributed by atoms with Crippen molar-refractivity contribution in [3.63, 3.8) is 0 Å². The number of carbonyl (C=O) groups is 2. The van der Waals surface area contributed by atoms with Crippen LogP contribution in [0.15, 0.2) is 41.3 Å². The summed E-state index contributed by atoms with van der Waals surface area (Å²) in [7, 11) is -3.75. The third-order valence-corrected chi connectivity index (χ3v) is 7.18. The van der Waals surface area contributed by atoms with Gasteiger partial charge in [-0.15, -0.1) is 0 Å². The highest BCUT2D eigenvalue weighted by molar-refractivity contribution is 7.89. The van der Waals surface area contributed by atoms with Crippen LogP contribution in [0.5, 0.6) is 0 Å². The second-order valence-electron chi connectivity index (χ2n) is 7.25. The Hall–Kier alpha value is -2.49. The van der Waals surface area contributed by atoms with Crippen LogP contribution >= 0.6 is 11.6 Å². The number of nitrogens with one attached hydrogen (secondary N) is 1. The Kier molecular flexibility index (Phi) is 6.98. The number of ether oxygens (including phenoxy) is 1. The molecule has 1 saturated heterocycles. The molecule has 0 aliphatic carbocycles. The zero-order valence-electron chi connectivity index (χ0n) is 17.0. The van der Waals surface area contributed by atoms with Gasteiger partial charge in [-0.1, -0.05) is 17.7 Å². The van der Waals surface area contributed by atoms with E-state index in [2.05, 4.69) is 5.32 Å². The van der Waals surface area contributed by atoms with Gasteiger partial charge in [0.15, 0.2) is 6.10 Å². The Bertz CT molecular complexity index is 1120. The van der Waals surface area contributed by atoms with E-state index < -0.39 is 33.8 Å². The van der Waals surface area contributed by atoms with E-state index in [1.165, 1.54) is 35.5 Å². The molecule has 0 aromatic heterocycles. The lowest BCUT2D eigenvalue weighted by atomic mass is 10.2. The first-order chi connectivity index (χ1) is 14.6. The van der Waals surface area contributed by atoms with Gasteiger partial charge in [0.25, 0.3) is 5.91 Å². The standard InChI is InChI=1S/C21H22ClFN2O5S/c1-13-5-6-15(11-19(13)23)24-20(26)14(2)30-21(27)17-12-16(7-8-18(17)22)31(28,29)25-9-3-4-10-25/h5-8,11-12,14H,3-4,9-10H2,1-2H3,(H,24,26). The number of halogens is 2. The molecule has 0 spiro atoms. The molecule has 1 N–H and O–H groups in total. The summed E-state index contributed by atoms with van der Waals surface area (Å²) in [5.74, 6) is -2.10. The summed E-state index contributed by atoms with van der Waals surface area (Å²) in [6, 6.07) is 7.97. The van der Waals surface area contributed by atoms with Crippen molar-refractivity contribution in [2.24, 2.45) is 0 Å². The summed E-state index contributed by atoms with van der Waals surface area (Å²) >= 11 is 6.07. The molecular formula is C21H22ClFN2O5S. The van der Waals surface area contributed by atoms with Crippen molar-refractivity contribution >= 4 is 39.2 Å². The zero-order valence-corrected chi connectivity index (χ0v) is 18.6. The molecule has 31 heavy (non-hydrogen) atoms. The van der Waals surface area contributed by atoms with Crippen molar-refractivity contribution < 1.29 is 27.1 Å². The van der Waals surface area contributed by atoms with Gasteiger partial charge in [0.05, 0.1) is 15.5 Å². The van der Waals surface area contributed by atoms with Gasteiger partial charge in [-0.05, 0) is 62.6 Å². The van der Waals surface area contributed by atoms with E-state index in [0.29, 0.717) is 18.7 Å². The summed E-state index contributed by atoms with van der Waals surface area (Å²) < 4.78 is 45.6. The SMILES string of the molecule is Cc1ccc(NC(=O)C(C)OC(=O)c2cc(S(=O)(=O)N3CCCC3)ccc2Cl)cc1F. The quantitative estimate of drug-likeness (QED) is 0.652. The number of nitrogens with zero attached hydrogens (tertiary/aromatic N) is 1. The van der Waals surface area contributed by atoms with Gasteiger partial charge in [0, 0.05) is 18.8 Å². The predicted molar refractivity (Wildman–Crippen MR) is 114 cm³/mol. The van der Waals surface area contributed by atoms with Gasteiger partial charge in [0.1, 0.15) is 5.82 Å². The molecule has 166 valence electrons. The van der Waals surface area contributed by atoms with E-state index in [1.54, 1.807) is 6.92 Å². The van der Waals surface area contributed by atoms with Crippen molar-refractivity contribution in [1.82, 2.24) is 4.31 Å². The topological polar surface area (TPSA) is 92.8 Å². The molecule has 0 saturated carbocycles. The third-order valence-electron chi connectivity index (χ3n) is 4.95. The number of hydrogen-bond acceptors (Lipinski definition) is 5. The van der Waals surface area contributed by atoms with Crippen molar-refractivity contribution in [3.05, 3.63) is 58.4 Å². The summed E-state index contributed by atoms with van der Waals surface area (Å²) in [5, 5.41) is 2.46. The Morgan fingerprint density at radius 1 is 1.16 bits per heavy atom. The summed E-state index contributed by atoms with van der Waals surface area (Å²) in [6.07, 6.45) is 0.324. The van der Waals surface area contributed by atoms with Crippen LogP contribution in [0.1, 0.15) is 35.7 Å².